The molecule has 0 amide bonds. The average molecular weight is 652 g/mol. The highest BCUT2D eigenvalue weighted by atomic mass is 16.5. The zero-order valence-electron chi connectivity index (χ0n) is 51.4. The van der Waals surface area contributed by atoms with E-state index in [1.165, 1.54) is 0 Å². The molecule has 2 heterocycles. The smallest absolute Gasteiger partial charge is 0.140 e. The lowest BCUT2D eigenvalue weighted by Crippen LogP contribution is -2.28. The fourth-order valence-electron chi connectivity index (χ4n) is 6.71. The van der Waals surface area contributed by atoms with Crippen molar-refractivity contribution in [2.45, 2.75) is 5.41 Å². The van der Waals surface area contributed by atoms with E-state index >= 15 is 0 Å². The molecule has 0 spiro atoms. The molecule has 0 fully saturated rings. The van der Waals surface area contributed by atoms with Gasteiger partial charge in [0, 0.05) is 27.3 Å². The summed E-state index contributed by atoms with van der Waals surface area (Å²) in [5.74, 6) is -1.24. The van der Waals surface area contributed by atoms with Gasteiger partial charge in [-0.25, -0.2) is 0 Å². The van der Waals surface area contributed by atoms with Crippen LogP contribution in [0.15, 0.2) is 174 Å². The van der Waals surface area contributed by atoms with E-state index in [-0.39, 0.29) is 5.39 Å². The van der Waals surface area contributed by atoms with Gasteiger partial charge < -0.3 is 9.15 Å². The van der Waals surface area contributed by atoms with Crippen molar-refractivity contribution >= 4 is 32.7 Å². The highest BCUT2D eigenvalue weighted by molar-refractivity contribution is 6.08. The van der Waals surface area contributed by atoms with Crippen LogP contribution in [0.3, 0.4) is 0 Å². The van der Waals surface area contributed by atoms with E-state index in [0.717, 1.165) is 6.07 Å². The summed E-state index contributed by atoms with van der Waals surface area (Å²) in [6, 6.07) is -24.1. The van der Waals surface area contributed by atoms with Crippen LogP contribution in [0.2, 0.25) is 0 Å². The normalized spacial score (nSPS) is 23.3. The second-order valence-corrected chi connectivity index (χ2v) is 11.1. The molecule has 0 saturated heterocycles. The van der Waals surface area contributed by atoms with Crippen molar-refractivity contribution in [1.82, 2.24) is 0 Å². The van der Waals surface area contributed by atoms with Gasteiger partial charge in [0.15, 0.2) is 0 Å². The first-order valence-corrected chi connectivity index (χ1v) is 14.6. The molecule has 1 aliphatic carbocycles. The minimum atomic E-state index is -3.17. The molecular formula is C47H28O2. The predicted molar refractivity (Wildman–Crippen MR) is 199 cm³/mol. The lowest BCUT2D eigenvalue weighted by atomic mass is 9.67. The second-order valence-electron chi connectivity index (χ2n) is 11.1. The van der Waals surface area contributed by atoms with Gasteiger partial charge in [0.25, 0.3) is 0 Å². The summed E-state index contributed by atoms with van der Waals surface area (Å²) in [7, 11) is 0. The molecule has 8 aromatic carbocycles. The van der Waals surface area contributed by atoms with E-state index in [1.807, 2.05) is 0 Å². The summed E-state index contributed by atoms with van der Waals surface area (Å²) >= 11 is 0. The summed E-state index contributed by atoms with van der Waals surface area (Å²) in [5.41, 5.74) is -11.9. The molecule has 2 heteroatoms. The maximum absolute atomic E-state index is 10.4. The Balaban J connectivity index is 1.43. The molecule has 1 aromatic heterocycles. The Morgan fingerprint density at radius 1 is 0.469 bits per heavy atom. The van der Waals surface area contributed by atoms with Gasteiger partial charge in [-0.05, 0) is 80.1 Å². The number of hydrogen-bond donors (Lipinski definition) is 0. The second kappa shape index (κ2) is 9.82. The number of furan rings is 1. The summed E-state index contributed by atoms with van der Waals surface area (Å²) in [6.45, 7) is 0. The molecule has 1 aliphatic heterocycles. The first-order valence-electron chi connectivity index (χ1n) is 28.1. The molecule has 228 valence electrons. The van der Waals surface area contributed by atoms with Crippen molar-refractivity contribution in [2.75, 3.05) is 0 Å². The third-order valence-corrected chi connectivity index (χ3v) is 8.71. The first kappa shape index (κ1) is 11.6. The van der Waals surface area contributed by atoms with E-state index in [4.69, 9.17) is 29.7 Å². The highest BCUT2D eigenvalue weighted by Gasteiger charge is 2.47. The van der Waals surface area contributed by atoms with Crippen LogP contribution in [0.1, 0.15) is 59.3 Å². The fourth-order valence-corrected chi connectivity index (χ4v) is 6.71. The number of rotatable bonds is 3. The van der Waals surface area contributed by atoms with E-state index < -0.39 is 263 Å². The van der Waals surface area contributed by atoms with Gasteiger partial charge in [-0.1, -0.05) is 139 Å². The fraction of sp³-hybridized carbons (Fsp3) is 0.0213. The number of para-hydroxylation sites is 2. The lowest BCUT2D eigenvalue weighted by molar-refractivity contribution is 0.487. The molecule has 0 saturated carbocycles. The predicted octanol–water partition coefficient (Wildman–Crippen LogP) is 12.5. The Morgan fingerprint density at radius 2 is 1.22 bits per heavy atom. The summed E-state index contributed by atoms with van der Waals surface area (Å²) < 4.78 is 259. The van der Waals surface area contributed by atoms with Crippen LogP contribution >= 0.6 is 0 Å². The molecule has 1 atom stereocenters. The third kappa shape index (κ3) is 3.55. The molecule has 49 heavy (non-hydrogen) atoms. The van der Waals surface area contributed by atoms with E-state index in [9.17, 15) is 16.4 Å². The molecule has 2 aliphatic rings. The van der Waals surface area contributed by atoms with Crippen molar-refractivity contribution in [3.63, 3.8) is 0 Å². The highest BCUT2D eigenvalue weighted by Crippen LogP contribution is 2.58. The quantitative estimate of drug-likeness (QED) is 0.190. The van der Waals surface area contributed by atoms with Crippen LogP contribution in [-0.4, -0.2) is 0 Å². The molecule has 0 radical (unpaired) electrons. The Morgan fingerprint density at radius 3 is 2.16 bits per heavy atom. The first-order chi connectivity index (χ1) is 35.5. The van der Waals surface area contributed by atoms with Crippen LogP contribution in [0.25, 0.3) is 66.1 Å². The van der Waals surface area contributed by atoms with Crippen molar-refractivity contribution < 1.29 is 46.2 Å². The van der Waals surface area contributed by atoms with Crippen molar-refractivity contribution in [2.24, 2.45) is 0 Å². The zero-order chi connectivity index (χ0) is 55.6. The van der Waals surface area contributed by atoms with Gasteiger partial charge in [-0.15, -0.1) is 0 Å². The molecule has 0 N–H and O–H groups in total. The molecule has 9 aromatic rings. The molecule has 2 nitrogen and oxygen atoms in total. The summed E-state index contributed by atoms with van der Waals surface area (Å²) in [6.07, 6.45) is 0. The van der Waals surface area contributed by atoms with Crippen LogP contribution in [0.4, 0.5) is 0 Å². The maximum Gasteiger partial charge on any atom is 0.140 e. The van der Waals surface area contributed by atoms with Crippen molar-refractivity contribution in [3.05, 3.63) is 191 Å². The monoisotopic (exact) mass is 651 g/mol. The van der Waals surface area contributed by atoms with E-state index in [0.29, 0.717) is 0 Å². The standard InChI is InChI=1S/C47H28O2/c1-2-13-32(14-3-1)47(40-20-10-18-37-35-16-5-7-21-42(35)49-46(37)40)39-19-6-4-15-33(39)34-25-23-31(28-41(34)47)30-24-26-43-38(27-30)36-17-8-11-29-12-9-22-44(48-43)45(29)36/h1-28H/i1D,2D,3D,4D,5D,6D,7D,8D,9D,10D,11D,12D,13D,14D,16D,17D,18D,19D,20D,21D,22D,23D,24D,25D,26D,27D,28D. The van der Waals surface area contributed by atoms with E-state index in [1.54, 1.807) is 0 Å². The van der Waals surface area contributed by atoms with Crippen LogP contribution in [0, 0.1) is 0 Å². The van der Waals surface area contributed by atoms with Crippen molar-refractivity contribution in [3.8, 4) is 44.9 Å². The third-order valence-electron chi connectivity index (χ3n) is 8.71. The maximum atomic E-state index is 10.4. The Bertz CT molecular complexity index is 4320. The Labute approximate surface area is 321 Å². The number of hydrogen-bond acceptors (Lipinski definition) is 2. The van der Waals surface area contributed by atoms with Crippen LogP contribution in [0.5, 0.6) is 11.5 Å². The molecular weight excluding hydrogens is 597 g/mol. The summed E-state index contributed by atoms with van der Waals surface area (Å²) in [5, 5.41) is -1.95. The average Bonchev–Trinajstić information content (AvgIpc) is 3.97. The Hall–Kier alpha value is -6.38. The lowest BCUT2D eigenvalue weighted by Gasteiger charge is -2.34. The Kier molecular flexibility index (Phi) is 2.33. The largest absolute Gasteiger partial charge is 0.456 e. The van der Waals surface area contributed by atoms with Gasteiger partial charge in [-0.3, -0.25) is 0 Å². The topological polar surface area (TPSA) is 22.4 Å². The zero-order valence-corrected chi connectivity index (χ0v) is 24.4. The molecule has 11 rings (SSSR count). The summed E-state index contributed by atoms with van der Waals surface area (Å²) in [4.78, 5) is 0. The van der Waals surface area contributed by atoms with Crippen molar-refractivity contribution in [1.29, 1.82) is 0 Å². The van der Waals surface area contributed by atoms with Crippen LogP contribution < -0.4 is 4.74 Å². The molecule has 0 bridgehead atoms. The minimum Gasteiger partial charge on any atom is -0.456 e. The van der Waals surface area contributed by atoms with Gasteiger partial charge in [0.05, 0.1) is 42.4 Å². The number of fused-ring (bicyclic) bond motifs is 8. The van der Waals surface area contributed by atoms with Gasteiger partial charge in [0.1, 0.15) is 22.7 Å². The molecule has 1 unspecified atom stereocenters. The van der Waals surface area contributed by atoms with Crippen LogP contribution in [-0.2, 0) is 5.41 Å². The number of ether oxygens (including phenoxy) is 1. The van der Waals surface area contributed by atoms with Gasteiger partial charge in [0.2, 0.25) is 0 Å². The SMILES string of the molecule is [2H]c1cc2c(c([2H])c1[2H])C(c1c([2H])c([2H])c([2H])c([2H])c1[2H])(c1c([2H])c([2H])c([2H])c3c1oc1c([2H])c([2H])c([2H])c([2H])c13)c1c([2H])c(-c3c([2H])c([2H])c4c(c3[2H])-c3c([2H])c([2H])c([2H])c5c([2H])c([2H])c([2H])c(c35)O4)c([2H])c([2H])c1-2. The van der Waals surface area contributed by atoms with Gasteiger partial charge >= 0.3 is 0 Å². The van der Waals surface area contributed by atoms with E-state index in [2.05, 4.69) is 0 Å². The minimum absolute atomic E-state index is 0.368. The van der Waals surface area contributed by atoms with Gasteiger partial charge in [-0.2, -0.15) is 0 Å². The number of benzene rings is 8.